The number of morpholine rings is 1. The predicted molar refractivity (Wildman–Crippen MR) is 98.4 cm³/mol. The lowest BCUT2D eigenvalue weighted by Crippen LogP contribution is -2.45. The Labute approximate surface area is 157 Å². The number of hydrogen-bond donors (Lipinski definition) is 2. The minimum absolute atomic E-state index is 0.0554. The number of nitrogens with one attached hydrogen (secondary N) is 2. The van der Waals surface area contributed by atoms with Crippen molar-refractivity contribution < 1.29 is 22.3 Å². The summed E-state index contributed by atoms with van der Waals surface area (Å²) in [5.41, 5.74) is 1.12. The molecule has 1 unspecified atom stereocenters. The molecule has 1 aliphatic heterocycles. The topological polar surface area (TPSA) is 87.7 Å². The Bertz CT molecular complexity index is 918. The summed E-state index contributed by atoms with van der Waals surface area (Å²) < 4.78 is 44.7. The second-order valence-corrected chi connectivity index (χ2v) is 7.89. The highest BCUT2D eigenvalue weighted by Gasteiger charge is 2.29. The van der Waals surface area contributed by atoms with Crippen LogP contribution in [0.25, 0.3) is 0 Å². The van der Waals surface area contributed by atoms with E-state index in [-0.39, 0.29) is 22.8 Å². The first kappa shape index (κ1) is 19.3. The van der Waals surface area contributed by atoms with E-state index in [4.69, 9.17) is 4.74 Å². The van der Waals surface area contributed by atoms with E-state index in [2.05, 4.69) is 10.0 Å². The summed E-state index contributed by atoms with van der Waals surface area (Å²) in [6, 6.07) is 11.2. The minimum atomic E-state index is -3.61. The van der Waals surface area contributed by atoms with Gasteiger partial charge in [-0.1, -0.05) is 18.2 Å². The van der Waals surface area contributed by atoms with Crippen molar-refractivity contribution >= 4 is 21.7 Å². The van der Waals surface area contributed by atoms with E-state index >= 15 is 0 Å². The normalized spacial score (nSPS) is 17.6. The fraction of sp³-hybridized carbons (Fsp3) is 0.278. The van der Waals surface area contributed by atoms with Crippen molar-refractivity contribution in [1.29, 1.82) is 0 Å². The van der Waals surface area contributed by atoms with Crippen molar-refractivity contribution in [2.24, 2.45) is 0 Å². The molecule has 0 radical (unpaired) electrons. The first-order valence-electron chi connectivity index (χ1n) is 8.35. The van der Waals surface area contributed by atoms with Crippen LogP contribution in [-0.4, -0.2) is 46.2 Å². The molecular formula is C18H20FN3O4S. The number of benzene rings is 2. The van der Waals surface area contributed by atoms with Gasteiger partial charge in [0.2, 0.25) is 10.0 Å². The number of nitrogens with zero attached hydrogens (tertiary/aromatic N) is 1. The Kier molecular flexibility index (Phi) is 5.73. The van der Waals surface area contributed by atoms with Crippen LogP contribution in [0.2, 0.25) is 0 Å². The van der Waals surface area contributed by atoms with Crippen molar-refractivity contribution in [3.63, 3.8) is 0 Å². The van der Waals surface area contributed by atoms with Crippen molar-refractivity contribution in [3.8, 4) is 0 Å². The number of halogens is 1. The molecule has 3 rings (SSSR count). The third-order valence-electron chi connectivity index (χ3n) is 4.31. The maximum Gasteiger partial charge on any atom is 0.322 e. The lowest BCUT2D eigenvalue weighted by atomic mass is 10.1. The fourth-order valence-corrected chi connectivity index (χ4v) is 3.64. The zero-order valence-electron chi connectivity index (χ0n) is 14.7. The van der Waals surface area contributed by atoms with Crippen LogP contribution in [-0.2, 0) is 14.8 Å². The summed E-state index contributed by atoms with van der Waals surface area (Å²) in [4.78, 5) is 14.4. The molecular weight excluding hydrogens is 373 g/mol. The van der Waals surface area contributed by atoms with Crippen LogP contribution in [0.3, 0.4) is 0 Å². The van der Waals surface area contributed by atoms with Gasteiger partial charge in [-0.15, -0.1) is 0 Å². The molecule has 7 nitrogen and oxygen atoms in total. The number of carbonyl (C=O) groups is 1. The van der Waals surface area contributed by atoms with Crippen LogP contribution in [0, 0.1) is 5.82 Å². The smallest absolute Gasteiger partial charge is 0.322 e. The molecule has 0 spiro atoms. The molecule has 9 heteroatoms. The molecule has 0 bridgehead atoms. The molecule has 1 heterocycles. The zero-order chi connectivity index (χ0) is 19.4. The van der Waals surface area contributed by atoms with Crippen molar-refractivity contribution in [1.82, 2.24) is 9.62 Å². The third-order valence-corrected chi connectivity index (χ3v) is 5.72. The Morgan fingerprint density at radius 1 is 1.22 bits per heavy atom. The Balaban J connectivity index is 1.80. The Morgan fingerprint density at radius 2 is 1.96 bits per heavy atom. The minimum Gasteiger partial charge on any atom is -0.377 e. The molecule has 1 aliphatic rings. The van der Waals surface area contributed by atoms with Gasteiger partial charge in [0.25, 0.3) is 0 Å². The van der Waals surface area contributed by atoms with Crippen LogP contribution in [0.1, 0.15) is 11.6 Å². The quantitative estimate of drug-likeness (QED) is 0.835. The number of ether oxygens (including phenoxy) is 1. The van der Waals surface area contributed by atoms with Gasteiger partial charge in [0, 0.05) is 12.2 Å². The Morgan fingerprint density at radius 3 is 2.67 bits per heavy atom. The van der Waals surface area contributed by atoms with Crippen LogP contribution < -0.4 is 10.0 Å². The average Bonchev–Trinajstić information content (AvgIpc) is 2.69. The molecule has 2 N–H and O–H groups in total. The number of urea groups is 1. The lowest BCUT2D eigenvalue weighted by molar-refractivity contribution is 0.0147. The van der Waals surface area contributed by atoms with Gasteiger partial charge in [-0.3, -0.25) is 0 Å². The van der Waals surface area contributed by atoms with Crippen molar-refractivity contribution in [3.05, 3.63) is 59.9 Å². The van der Waals surface area contributed by atoms with E-state index < -0.39 is 10.0 Å². The van der Waals surface area contributed by atoms with Gasteiger partial charge in [-0.05, 0) is 42.9 Å². The van der Waals surface area contributed by atoms with Gasteiger partial charge in [0.05, 0.1) is 24.2 Å². The molecule has 1 atom stereocenters. The van der Waals surface area contributed by atoms with Crippen LogP contribution in [0.5, 0.6) is 0 Å². The molecule has 0 saturated carbocycles. The summed E-state index contributed by atoms with van der Waals surface area (Å²) in [5, 5.41) is 2.72. The summed E-state index contributed by atoms with van der Waals surface area (Å²) in [6.45, 7) is 1.05. The van der Waals surface area contributed by atoms with Gasteiger partial charge in [0.1, 0.15) is 5.82 Å². The van der Waals surface area contributed by atoms with Gasteiger partial charge in [-0.25, -0.2) is 22.3 Å². The maximum absolute atomic E-state index is 13.2. The molecule has 27 heavy (non-hydrogen) atoms. The van der Waals surface area contributed by atoms with E-state index in [1.165, 1.54) is 31.3 Å². The number of carbonyl (C=O) groups excluding carboxylic acids is 1. The van der Waals surface area contributed by atoms with E-state index in [1.54, 1.807) is 29.2 Å². The van der Waals surface area contributed by atoms with Crippen LogP contribution in [0.4, 0.5) is 14.9 Å². The summed E-state index contributed by atoms with van der Waals surface area (Å²) >= 11 is 0. The van der Waals surface area contributed by atoms with Gasteiger partial charge < -0.3 is 15.0 Å². The second kappa shape index (κ2) is 8.03. The first-order chi connectivity index (χ1) is 12.9. The summed E-state index contributed by atoms with van der Waals surface area (Å²) in [5.74, 6) is -0.353. The maximum atomic E-state index is 13.2. The first-order valence-corrected chi connectivity index (χ1v) is 9.83. The number of sulfonamides is 1. The second-order valence-electron chi connectivity index (χ2n) is 6.00. The van der Waals surface area contributed by atoms with Gasteiger partial charge in [0.15, 0.2) is 0 Å². The largest absolute Gasteiger partial charge is 0.377 e. The third kappa shape index (κ3) is 4.44. The van der Waals surface area contributed by atoms with Crippen molar-refractivity contribution in [2.45, 2.75) is 10.9 Å². The molecule has 2 aromatic carbocycles. The molecule has 1 saturated heterocycles. The monoisotopic (exact) mass is 393 g/mol. The van der Waals surface area contributed by atoms with Gasteiger partial charge in [-0.2, -0.15) is 0 Å². The molecule has 144 valence electrons. The van der Waals surface area contributed by atoms with Gasteiger partial charge >= 0.3 is 6.03 Å². The summed E-state index contributed by atoms with van der Waals surface area (Å²) in [7, 11) is -2.29. The number of hydrogen-bond acceptors (Lipinski definition) is 4. The number of amides is 2. The highest BCUT2D eigenvalue weighted by atomic mass is 32.2. The number of rotatable bonds is 4. The molecule has 0 aliphatic carbocycles. The molecule has 1 fully saturated rings. The van der Waals surface area contributed by atoms with E-state index in [9.17, 15) is 17.6 Å². The Hall–Kier alpha value is -2.49. The predicted octanol–water partition coefficient (Wildman–Crippen LogP) is 2.34. The molecule has 2 amide bonds. The average molecular weight is 393 g/mol. The SMILES string of the molecule is CNS(=O)(=O)c1cccc(NC(=O)N2CCOCC2c2ccc(F)cc2)c1. The fourth-order valence-electron chi connectivity index (χ4n) is 2.86. The van der Waals surface area contributed by atoms with Crippen molar-refractivity contribution in [2.75, 3.05) is 32.1 Å². The summed E-state index contributed by atoms with van der Waals surface area (Å²) in [6.07, 6.45) is 0. The zero-order valence-corrected chi connectivity index (χ0v) is 15.5. The van der Waals surface area contributed by atoms with Crippen LogP contribution >= 0.6 is 0 Å². The van der Waals surface area contributed by atoms with E-state index in [0.717, 1.165) is 5.56 Å². The lowest BCUT2D eigenvalue weighted by Gasteiger charge is -2.35. The highest BCUT2D eigenvalue weighted by Crippen LogP contribution is 2.25. The molecule has 2 aromatic rings. The number of anilines is 1. The van der Waals surface area contributed by atoms with E-state index in [0.29, 0.717) is 25.4 Å². The van der Waals surface area contributed by atoms with Crippen LogP contribution in [0.15, 0.2) is 53.4 Å². The standard InChI is InChI=1S/C18H20FN3O4S/c1-20-27(24,25)16-4-2-3-15(11-16)21-18(23)22-9-10-26-12-17(22)13-5-7-14(19)8-6-13/h2-8,11,17,20H,9-10,12H2,1H3,(H,21,23). The highest BCUT2D eigenvalue weighted by molar-refractivity contribution is 7.89. The molecule has 0 aromatic heterocycles. The van der Waals surface area contributed by atoms with E-state index in [1.807, 2.05) is 0 Å².